The molecule has 5 heteroatoms. The fourth-order valence-electron chi connectivity index (χ4n) is 1.72. The van der Waals surface area contributed by atoms with Gasteiger partial charge in [0.15, 0.2) is 0 Å². The summed E-state index contributed by atoms with van der Waals surface area (Å²) in [6.45, 7) is 3.16. The number of ether oxygens (including phenoxy) is 2. The predicted octanol–water partition coefficient (Wildman–Crippen LogP) is 2.29. The number of rotatable bonds is 10. The summed E-state index contributed by atoms with van der Waals surface area (Å²) in [4.78, 5) is 14.7. The van der Waals surface area contributed by atoms with Crippen LogP contribution in [0.15, 0.2) is 35.2 Å². The normalized spacial score (nSPS) is 10.8. The van der Waals surface area contributed by atoms with Crippen molar-refractivity contribution in [2.45, 2.75) is 11.3 Å². The first kappa shape index (κ1) is 17.0. The molecule has 0 aliphatic carbocycles. The van der Waals surface area contributed by atoms with Gasteiger partial charge in [-0.1, -0.05) is 18.2 Å². The molecule has 1 rings (SSSR count). The summed E-state index contributed by atoms with van der Waals surface area (Å²) in [7, 11) is 3.12. The second kappa shape index (κ2) is 10.7. The lowest BCUT2D eigenvalue weighted by Crippen LogP contribution is -2.32. The number of carbonyl (C=O) groups excluding carboxylic acids is 1. The van der Waals surface area contributed by atoms with Crippen LogP contribution in [0.5, 0.6) is 0 Å². The summed E-state index contributed by atoms with van der Waals surface area (Å²) < 4.78 is 9.78. The molecule has 0 fully saturated rings. The fourth-order valence-corrected chi connectivity index (χ4v) is 2.65. The Morgan fingerprint density at radius 2 is 1.90 bits per heavy atom. The van der Waals surface area contributed by atoms with Crippen LogP contribution in [0.2, 0.25) is 0 Å². The molecule has 0 N–H and O–H groups in total. The third-order valence-corrected chi connectivity index (χ3v) is 3.88. The van der Waals surface area contributed by atoms with Crippen LogP contribution in [0.1, 0.15) is 6.42 Å². The van der Waals surface area contributed by atoms with Gasteiger partial charge in [0.1, 0.15) is 0 Å². The van der Waals surface area contributed by atoms with Crippen LogP contribution in [0.4, 0.5) is 0 Å². The van der Waals surface area contributed by atoms with Gasteiger partial charge in [-0.25, -0.2) is 0 Å². The van der Waals surface area contributed by atoms with Crippen LogP contribution in [0.3, 0.4) is 0 Å². The van der Waals surface area contributed by atoms with E-state index in [-0.39, 0.29) is 5.97 Å². The molecule has 112 valence electrons. The minimum Gasteiger partial charge on any atom is -0.469 e. The van der Waals surface area contributed by atoms with Crippen LogP contribution < -0.4 is 0 Å². The van der Waals surface area contributed by atoms with Gasteiger partial charge in [0.2, 0.25) is 0 Å². The molecular weight excluding hydrogens is 274 g/mol. The van der Waals surface area contributed by atoms with Gasteiger partial charge in [-0.05, 0) is 12.1 Å². The molecular formula is C15H23NO3S. The highest BCUT2D eigenvalue weighted by atomic mass is 32.2. The lowest BCUT2D eigenvalue weighted by molar-refractivity contribution is -0.141. The highest BCUT2D eigenvalue weighted by molar-refractivity contribution is 7.99. The largest absolute Gasteiger partial charge is 0.469 e. The van der Waals surface area contributed by atoms with Gasteiger partial charge < -0.3 is 9.47 Å². The van der Waals surface area contributed by atoms with Crippen molar-refractivity contribution in [3.05, 3.63) is 30.3 Å². The van der Waals surface area contributed by atoms with E-state index in [2.05, 4.69) is 21.8 Å². The molecule has 0 unspecified atom stereocenters. The van der Waals surface area contributed by atoms with Gasteiger partial charge in [-0.2, -0.15) is 0 Å². The second-order valence-electron chi connectivity index (χ2n) is 4.32. The Hall–Kier alpha value is -1.04. The summed E-state index contributed by atoms with van der Waals surface area (Å²) in [5.74, 6) is 0.831. The minimum absolute atomic E-state index is 0.164. The average Bonchev–Trinajstić information content (AvgIpc) is 2.50. The van der Waals surface area contributed by atoms with E-state index in [1.54, 1.807) is 7.11 Å². The first-order valence-electron chi connectivity index (χ1n) is 6.72. The van der Waals surface area contributed by atoms with Gasteiger partial charge in [-0.3, -0.25) is 9.69 Å². The van der Waals surface area contributed by atoms with Crippen molar-refractivity contribution in [3.8, 4) is 0 Å². The van der Waals surface area contributed by atoms with E-state index in [9.17, 15) is 4.79 Å². The highest BCUT2D eigenvalue weighted by Crippen LogP contribution is 2.16. The Morgan fingerprint density at radius 1 is 1.15 bits per heavy atom. The molecule has 0 bridgehead atoms. The van der Waals surface area contributed by atoms with Crippen molar-refractivity contribution in [1.29, 1.82) is 0 Å². The standard InChI is InChI=1S/C15H23NO3S/c1-18-12-10-16(9-8-15(17)19-2)11-13-20-14-6-4-3-5-7-14/h3-7H,8-13H2,1-2H3. The molecule has 0 atom stereocenters. The van der Waals surface area contributed by atoms with Crippen molar-refractivity contribution in [1.82, 2.24) is 4.90 Å². The maximum Gasteiger partial charge on any atom is 0.306 e. The molecule has 0 radical (unpaired) electrons. The quantitative estimate of drug-likeness (QED) is 0.489. The minimum atomic E-state index is -0.164. The maximum absolute atomic E-state index is 11.2. The number of esters is 1. The van der Waals surface area contributed by atoms with Crippen LogP contribution in [0, 0.1) is 0 Å². The number of thioether (sulfide) groups is 1. The Kier molecular flexibility index (Phi) is 9.11. The first-order valence-corrected chi connectivity index (χ1v) is 7.70. The summed E-state index contributed by atoms with van der Waals surface area (Å²) in [5, 5.41) is 0. The second-order valence-corrected chi connectivity index (χ2v) is 5.49. The fraction of sp³-hybridized carbons (Fsp3) is 0.533. The molecule has 1 aromatic rings. The molecule has 0 saturated carbocycles. The summed E-state index contributed by atoms with van der Waals surface area (Å²) in [6.07, 6.45) is 0.427. The summed E-state index contributed by atoms with van der Waals surface area (Å²) >= 11 is 1.82. The number of methoxy groups -OCH3 is 2. The van der Waals surface area contributed by atoms with Gasteiger partial charge >= 0.3 is 5.97 Å². The van der Waals surface area contributed by atoms with E-state index in [1.165, 1.54) is 12.0 Å². The number of benzene rings is 1. The van der Waals surface area contributed by atoms with Gasteiger partial charge in [-0.15, -0.1) is 11.8 Å². The van der Waals surface area contributed by atoms with Gasteiger partial charge in [0, 0.05) is 37.4 Å². The Labute approximate surface area is 125 Å². The van der Waals surface area contributed by atoms with E-state index in [4.69, 9.17) is 4.74 Å². The maximum atomic E-state index is 11.2. The SMILES string of the molecule is COCCN(CCSc1ccccc1)CCC(=O)OC. The third-order valence-electron chi connectivity index (χ3n) is 2.89. The Balaban J connectivity index is 2.30. The molecule has 1 aromatic carbocycles. The molecule has 0 amide bonds. The molecule has 0 aliphatic rings. The van der Waals surface area contributed by atoms with Crippen LogP contribution in [0.25, 0.3) is 0 Å². The van der Waals surface area contributed by atoms with E-state index >= 15 is 0 Å². The Bertz CT molecular complexity index is 373. The van der Waals surface area contributed by atoms with Crippen LogP contribution >= 0.6 is 11.8 Å². The van der Waals surface area contributed by atoms with Crippen LogP contribution in [-0.4, -0.2) is 57.1 Å². The van der Waals surface area contributed by atoms with E-state index in [0.717, 1.165) is 18.8 Å². The van der Waals surface area contributed by atoms with Gasteiger partial charge in [0.05, 0.1) is 20.1 Å². The number of nitrogens with zero attached hydrogens (tertiary/aromatic N) is 1. The van der Waals surface area contributed by atoms with E-state index in [0.29, 0.717) is 19.6 Å². The summed E-state index contributed by atoms with van der Waals surface area (Å²) in [6, 6.07) is 10.3. The zero-order chi connectivity index (χ0) is 14.6. The monoisotopic (exact) mass is 297 g/mol. The average molecular weight is 297 g/mol. The number of hydrogen-bond donors (Lipinski definition) is 0. The topological polar surface area (TPSA) is 38.8 Å². The van der Waals surface area contributed by atoms with Crippen molar-refractivity contribution < 1.29 is 14.3 Å². The zero-order valence-corrected chi connectivity index (χ0v) is 13.0. The van der Waals surface area contributed by atoms with Crippen molar-refractivity contribution in [2.24, 2.45) is 0 Å². The molecule has 0 aliphatic heterocycles. The predicted molar refractivity (Wildman–Crippen MR) is 82.1 cm³/mol. The molecule has 0 aromatic heterocycles. The molecule has 0 spiro atoms. The lowest BCUT2D eigenvalue weighted by atomic mass is 10.3. The number of hydrogen-bond acceptors (Lipinski definition) is 5. The van der Waals surface area contributed by atoms with Crippen molar-refractivity contribution in [2.75, 3.05) is 46.2 Å². The smallest absolute Gasteiger partial charge is 0.306 e. The van der Waals surface area contributed by atoms with E-state index < -0.39 is 0 Å². The molecule has 4 nitrogen and oxygen atoms in total. The number of carbonyl (C=O) groups is 1. The molecule has 20 heavy (non-hydrogen) atoms. The zero-order valence-electron chi connectivity index (χ0n) is 12.2. The first-order chi connectivity index (χ1) is 9.76. The van der Waals surface area contributed by atoms with Crippen LogP contribution in [-0.2, 0) is 14.3 Å². The third kappa shape index (κ3) is 7.53. The lowest BCUT2D eigenvalue weighted by Gasteiger charge is -2.21. The highest BCUT2D eigenvalue weighted by Gasteiger charge is 2.08. The molecule has 0 saturated heterocycles. The molecule has 0 heterocycles. The van der Waals surface area contributed by atoms with E-state index in [1.807, 2.05) is 30.0 Å². The van der Waals surface area contributed by atoms with Crippen molar-refractivity contribution >= 4 is 17.7 Å². The summed E-state index contributed by atoms with van der Waals surface area (Å²) in [5.41, 5.74) is 0. The Morgan fingerprint density at radius 3 is 2.55 bits per heavy atom. The van der Waals surface area contributed by atoms with Gasteiger partial charge in [0.25, 0.3) is 0 Å². The van der Waals surface area contributed by atoms with Crippen molar-refractivity contribution in [3.63, 3.8) is 0 Å².